The van der Waals surface area contributed by atoms with Crippen LogP contribution in [0.15, 0.2) is 18.5 Å². The molecule has 2 aliphatic heterocycles. The highest BCUT2D eigenvalue weighted by Crippen LogP contribution is 2.20. The first-order valence-corrected chi connectivity index (χ1v) is 11.8. The van der Waals surface area contributed by atoms with Crippen molar-refractivity contribution in [2.45, 2.75) is 32.8 Å². The molecule has 0 N–H and O–H groups in total. The Morgan fingerprint density at radius 2 is 1.77 bits per heavy atom. The average Bonchev–Trinajstić information content (AvgIpc) is 2.78. The van der Waals surface area contributed by atoms with Gasteiger partial charge in [0, 0.05) is 51.7 Å². The standard InChI is InChI=1S/C20H29N5O3S2/c1-15-4-8-25(9-5-15)20(29)30-14-17(26)28-16(2)18(27)23-10-12-24(13-11-23)19-21-6-3-7-22-19/h3,6-7,15-16H,4-5,8-14H2,1-2H3. The minimum absolute atomic E-state index is 0.127. The lowest BCUT2D eigenvalue weighted by atomic mass is 10.00. The quantitative estimate of drug-likeness (QED) is 0.492. The fraction of sp³-hybridized carbons (Fsp3) is 0.650. The lowest BCUT2D eigenvalue weighted by Gasteiger charge is -2.35. The number of ether oxygens (including phenoxy) is 1. The molecule has 0 saturated carbocycles. The summed E-state index contributed by atoms with van der Waals surface area (Å²) >= 11 is 6.76. The second kappa shape index (κ2) is 10.9. The summed E-state index contributed by atoms with van der Waals surface area (Å²) in [6, 6.07) is 1.78. The number of aromatic nitrogens is 2. The minimum Gasteiger partial charge on any atom is -0.452 e. The Bertz CT molecular complexity index is 735. The molecule has 2 saturated heterocycles. The molecule has 1 aromatic rings. The number of carbonyl (C=O) groups excluding carboxylic acids is 2. The number of thioether (sulfide) groups is 1. The van der Waals surface area contributed by atoms with Crippen LogP contribution < -0.4 is 4.90 Å². The topological polar surface area (TPSA) is 78.9 Å². The van der Waals surface area contributed by atoms with E-state index in [4.69, 9.17) is 17.0 Å². The Morgan fingerprint density at radius 1 is 1.13 bits per heavy atom. The maximum absolute atomic E-state index is 12.7. The molecule has 8 nitrogen and oxygen atoms in total. The van der Waals surface area contributed by atoms with Crippen LogP contribution in [0.25, 0.3) is 0 Å². The molecule has 1 atom stereocenters. The zero-order chi connectivity index (χ0) is 21.5. The number of piperazine rings is 1. The van der Waals surface area contributed by atoms with Gasteiger partial charge in [-0.15, -0.1) is 0 Å². The molecule has 0 radical (unpaired) electrons. The Balaban J connectivity index is 1.37. The van der Waals surface area contributed by atoms with Gasteiger partial charge in [0.05, 0.1) is 5.75 Å². The van der Waals surface area contributed by atoms with Crippen molar-refractivity contribution in [3.05, 3.63) is 18.5 Å². The minimum atomic E-state index is -0.804. The molecule has 10 heteroatoms. The predicted octanol–water partition coefficient (Wildman–Crippen LogP) is 1.81. The SMILES string of the molecule is CC1CCN(C(=S)SCC(=O)OC(C)C(=O)N2CCN(c3ncccn3)CC2)CC1. The highest BCUT2D eigenvalue weighted by Gasteiger charge is 2.28. The molecule has 30 heavy (non-hydrogen) atoms. The summed E-state index contributed by atoms with van der Waals surface area (Å²) in [5, 5.41) is 0. The molecule has 1 unspecified atom stereocenters. The number of rotatable bonds is 5. The predicted molar refractivity (Wildman–Crippen MR) is 121 cm³/mol. The third-order valence-corrected chi connectivity index (χ3v) is 6.93. The number of hydrogen-bond acceptors (Lipinski definition) is 8. The van der Waals surface area contributed by atoms with Gasteiger partial charge >= 0.3 is 5.97 Å². The van der Waals surface area contributed by atoms with E-state index >= 15 is 0 Å². The lowest BCUT2D eigenvalue weighted by molar-refractivity contribution is -0.157. The van der Waals surface area contributed by atoms with Crippen LogP contribution in [0.1, 0.15) is 26.7 Å². The highest BCUT2D eigenvalue weighted by atomic mass is 32.2. The van der Waals surface area contributed by atoms with E-state index in [1.807, 2.05) is 4.90 Å². The van der Waals surface area contributed by atoms with Gasteiger partial charge in [-0.3, -0.25) is 9.59 Å². The normalized spacial score (nSPS) is 18.8. The van der Waals surface area contributed by atoms with Gasteiger partial charge in [0.15, 0.2) is 6.10 Å². The number of piperidine rings is 1. The summed E-state index contributed by atoms with van der Waals surface area (Å²) in [7, 11) is 0. The van der Waals surface area contributed by atoms with Gasteiger partial charge in [-0.1, -0.05) is 30.9 Å². The van der Waals surface area contributed by atoms with Crippen molar-refractivity contribution < 1.29 is 14.3 Å². The van der Waals surface area contributed by atoms with Gasteiger partial charge in [-0.05, 0) is 31.7 Å². The van der Waals surface area contributed by atoms with Crippen molar-refractivity contribution in [1.82, 2.24) is 19.8 Å². The first-order valence-electron chi connectivity index (χ1n) is 10.4. The molecule has 2 fully saturated rings. The smallest absolute Gasteiger partial charge is 0.317 e. The molecule has 0 aromatic carbocycles. The van der Waals surface area contributed by atoms with Crippen molar-refractivity contribution in [2.24, 2.45) is 5.92 Å². The monoisotopic (exact) mass is 451 g/mol. The first-order chi connectivity index (χ1) is 14.4. The summed E-state index contributed by atoms with van der Waals surface area (Å²) in [6.45, 7) is 8.15. The molecular formula is C20H29N5O3S2. The number of anilines is 1. The van der Waals surface area contributed by atoms with E-state index in [1.165, 1.54) is 11.8 Å². The number of carbonyl (C=O) groups is 2. The molecule has 2 aliphatic rings. The van der Waals surface area contributed by atoms with Crippen molar-refractivity contribution in [2.75, 3.05) is 49.9 Å². The Hall–Kier alpha value is -1.94. The van der Waals surface area contributed by atoms with Crippen LogP contribution in [0.2, 0.25) is 0 Å². The molecule has 1 aromatic heterocycles. The molecule has 1 amide bonds. The maximum atomic E-state index is 12.7. The largest absolute Gasteiger partial charge is 0.452 e. The molecule has 3 heterocycles. The van der Waals surface area contributed by atoms with Crippen molar-refractivity contribution in [1.29, 1.82) is 0 Å². The van der Waals surface area contributed by atoms with Crippen molar-refractivity contribution >= 4 is 46.1 Å². The third-order valence-electron chi connectivity index (χ3n) is 5.44. The molecule has 0 aliphatic carbocycles. The summed E-state index contributed by atoms with van der Waals surface area (Å²) in [6.07, 6.45) is 4.86. The van der Waals surface area contributed by atoms with Gasteiger partial charge in [-0.2, -0.15) is 0 Å². The number of hydrogen-bond donors (Lipinski definition) is 0. The van der Waals surface area contributed by atoms with E-state index in [0.717, 1.165) is 36.2 Å². The van der Waals surface area contributed by atoms with Crippen LogP contribution in [-0.2, 0) is 14.3 Å². The molecule has 164 valence electrons. The van der Waals surface area contributed by atoms with Crippen LogP contribution >= 0.6 is 24.0 Å². The Labute approximate surface area is 187 Å². The highest BCUT2D eigenvalue weighted by molar-refractivity contribution is 8.23. The lowest BCUT2D eigenvalue weighted by Crippen LogP contribution is -2.52. The molecule has 0 spiro atoms. The van der Waals surface area contributed by atoms with E-state index in [1.54, 1.807) is 30.3 Å². The van der Waals surface area contributed by atoms with E-state index in [9.17, 15) is 9.59 Å². The summed E-state index contributed by atoms with van der Waals surface area (Å²) in [5.41, 5.74) is 0. The van der Waals surface area contributed by atoms with E-state index < -0.39 is 12.1 Å². The zero-order valence-corrected chi connectivity index (χ0v) is 19.2. The maximum Gasteiger partial charge on any atom is 0.317 e. The van der Waals surface area contributed by atoms with Gasteiger partial charge < -0.3 is 19.4 Å². The van der Waals surface area contributed by atoms with Crippen LogP contribution in [-0.4, -0.2) is 87.1 Å². The average molecular weight is 452 g/mol. The number of nitrogens with zero attached hydrogens (tertiary/aromatic N) is 5. The summed E-state index contributed by atoms with van der Waals surface area (Å²) < 4.78 is 6.10. The Morgan fingerprint density at radius 3 is 2.40 bits per heavy atom. The van der Waals surface area contributed by atoms with Crippen LogP contribution in [0, 0.1) is 5.92 Å². The third kappa shape index (κ3) is 6.28. The summed E-state index contributed by atoms with van der Waals surface area (Å²) in [4.78, 5) is 39.3. The van der Waals surface area contributed by atoms with E-state index in [0.29, 0.717) is 32.1 Å². The van der Waals surface area contributed by atoms with Gasteiger partial charge in [0.2, 0.25) is 5.95 Å². The van der Waals surface area contributed by atoms with Crippen molar-refractivity contribution in [3.8, 4) is 0 Å². The number of thiocarbonyl (C=S) groups is 1. The fourth-order valence-electron chi connectivity index (χ4n) is 3.52. The number of esters is 1. The van der Waals surface area contributed by atoms with Gasteiger partial charge in [0.1, 0.15) is 4.32 Å². The van der Waals surface area contributed by atoms with Crippen molar-refractivity contribution in [3.63, 3.8) is 0 Å². The zero-order valence-electron chi connectivity index (χ0n) is 17.5. The van der Waals surface area contributed by atoms with E-state index in [2.05, 4.69) is 21.8 Å². The summed E-state index contributed by atoms with van der Waals surface area (Å²) in [5.74, 6) is 0.939. The van der Waals surface area contributed by atoms with Gasteiger partial charge in [0.25, 0.3) is 5.91 Å². The fourth-order valence-corrected chi connectivity index (χ4v) is 4.56. The van der Waals surface area contributed by atoms with E-state index in [-0.39, 0.29) is 11.7 Å². The van der Waals surface area contributed by atoms with Crippen LogP contribution in [0.3, 0.4) is 0 Å². The molecule has 0 bridgehead atoms. The molecular weight excluding hydrogens is 422 g/mol. The van der Waals surface area contributed by atoms with Gasteiger partial charge in [-0.25, -0.2) is 9.97 Å². The first kappa shape index (κ1) is 22.7. The number of amides is 1. The van der Waals surface area contributed by atoms with Crippen LogP contribution in [0.5, 0.6) is 0 Å². The second-order valence-corrected chi connectivity index (χ2v) is 9.33. The molecule has 3 rings (SSSR count). The second-order valence-electron chi connectivity index (χ2n) is 7.72. The number of likely N-dealkylation sites (tertiary alicyclic amines) is 1. The van der Waals surface area contributed by atoms with Crippen LogP contribution in [0.4, 0.5) is 5.95 Å². The Kier molecular flexibility index (Phi) is 8.26.